The van der Waals surface area contributed by atoms with Gasteiger partial charge in [-0.3, -0.25) is 4.79 Å². The highest BCUT2D eigenvalue weighted by Gasteiger charge is 2.27. The summed E-state index contributed by atoms with van der Waals surface area (Å²) in [5, 5.41) is 4.41. The minimum absolute atomic E-state index is 0.0423. The Labute approximate surface area is 145 Å². The summed E-state index contributed by atoms with van der Waals surface area (Å²) in [6, 6.07) is 7.13. The number of nitrogens with zero attached hydrogens (tertiary/aromatic N) is 2. The van der Waals surface area contributed by atoms with Gasteiger partial charge < -0.3 is 15.2 Å². The van der Waals surface area contributed by atoms with Crippen molar-refractivity contribution in [2.75, 3.05) is 19.5 Å². The summed E-state index contributed by atoms with van der Waals surface area (Å²) in [5.41, 5.74) is 6.61. The average molecular weight is 343 g/mol. The molecular weight excluding hydrogens is 322 g/mol. The number of esters is 1. The van der Waals surface area contributed by atoms with E-state index in [9.17, 15) is 9.59 Å². The topological polar surface area (TPSA) is 96.4 Å². The largest absolute Gasteiger partial charge is 0.497 e. The Morgan fingerprint density at radius 1 is 1.32 bits per heavy atom. The van der Waals surface area contributed by atoms with Gasteiger partial charge in [-0.25, -0.2) is 9.48 Å². The van der Waals surface area contributed by atoms with Crippen LogP contribution in [0, 0.1) is 5.92 Å². The van der Waals surface area contributed by atoms with Crippen LogP contribution in [0.15, 0.2) is 29.1 Å². The molecule has 1 aromatic carbocycles. The predicted octanol–water partition coefficient (Wildman–Crippen LogP) is 2.09. The summed E-state index contributed by atoms with van der Waals surface area (Å²) in [7, 11) is 1.58. The normalized spacial score (nSPS) is 13.5. The maximum Gasteiger partial charge on any atom is 0.346 e. The molecule has 1 aromatic heterocycles. The first-order valence-electron chi connectivity index (χ1n) is 8.27. The van der Waals surface area contributed by atoms with Crippen molar-refractivity contribution in [3.63, 3.8) is 0 Å². The standard InChI is InChI=1S/C18H21N3O4/c1-3-25-18(23)14-15(19)16(12-6-8-13(24-2)9-7-12)20-21(17(14)22)10-11-4-5-11/h6-9,11H,3-5,10,19H2,1-2H3. The Morgan fingerprint density at radius 2 is 2.00 bits per heavy atom. The van der Waals surface area contributed by atoms with Gasteiger partial charge in [0.15, 0.2) is 5.56 Å². The van der Waals surface area contributed by atoms with E-state index in [0.29, 0.717) is 29.5 Å². The number of anilines is 1. The molecule has 0 spiro atoms. The number of hydrogen-bond donors (Lipinski definition) is 1. The molecule has 0 radical (unpaired) electrons. The van der Waals surface area contributed by atoms with E-state index in [1.807, 2.05) is 0 Å². The van der Waals surface area contributed by atoms with Gasteiger partial charge in [0.1, 0.15) is 11.4 Å². The van der Waals surface area contributed by atoms with Gasteiger partial charge in [-0.15, -0.1) is 0 Å². The Bertz CT molecular complexity index is 839. The van der Waals surface area contributed by atoms with Crippen LogP contribution in [0.1, 0.15) is 30.1 Å². The molecule has 1 heterocycles. The molecule has 1 aliphatic rings. The van der Waals surface area contributed by atoms with Crippen LogP contribution in [0.2, 0.25) is 0 Å². The number of nitrogens with two attached hydrogens (primary N) is 1. The number of nitrogen functional groups attached to an aromatic ring is 1. The maximum atomic E-state index is 12.7. The highest BCUT2D eigenvalue weighted by Crippen LogP contribution is 2.31. The Morgan fingerprint density at radius 3 is 2.56 bits per heavy atom. The molecule has 0 aliphatic heterocycles. The number of hydrogen-bond acceptors (Lipinski definition) is 6. The van der Waals surface area contributed by atoms with Crippen LogP contribution in [0.25, 0.3) is 11.3 Å². The molecule has 25 heavy (non-hydrogen) atoms. The third-order valence-corrected chi connectivity index (χ3v) is 4.16. The lowest BCUT2D eigenvalue weighted by Crippen LogP contribution is -2.32. The number of aromatic nitrogens is 2. The average Bonchev–Trinajstić information content (AvgIpc) is 3.42. The van der Waals surface area contributed by atoms with Crippen molar-refractivity contribution in [2.24, 2.45) is 5.92 Å². The lowest BCUT2D eigenvalue weighted by molar-refractivity contribution is 0.0524. The molecule has 0 unspecified atom stereocenters. The van der Waals surface area contributed by atoms with Crippen molar-refractivity contribution < 1.29 is 14.3 Å². The van der Waals surface area contributed by atoms with Gasteiger partial charge in [0.25, 0.3) is 5.56 Å². The summed E-state index contributed by atoms with van der Waals surface area (Å²) in [6.07, 6.45) is 2.12. The number of benzene rings is 1. The molecule has 132 valence electrons. The van der Waals surface area contributed by atoms with Crippen LogP contribution in [-0.4, -0.2) is 29.5 Å². The summed E-state index contributed by atoms with van der Waals surface area (Å²) >= 11 is 0. The van der Waals surface area contributed by atoms with E-state index in [0.717, 1.165) is 12.8 Å². The van der Waals surface area contributed by atoms with Crippen LogP contribution in [0.3, 0.4) is 0 Å². The summed E-state index contributed by atoms with van der Waals surface area (Å²) < 4.78 is 11.5. The van der Waals surface area contributed by atoms with Crippen molar-refractivity contribution in [2.45, 2.75) is 26.3 Å². The fraction of sp³-hybridized carbons (Fsp3) is 0.389. The van der Waals surface area contributed by atoms with E-state index in [4.69, 9.17) is 15.2 Å². The van der Waals surface area contributed by atoms with E-state index in [1.54, 1.807) is 38.3 Å². The van der Waals surface area contributed by atoms with E-state index in [2.05, 4.69) is 5.10 Å². The summed E-state index contributed by atoms with van der Waals surface area (Å²) in [4.78, 5) is 24.9. The number of methoxy groups -OCH3 is 1. The van der Waals surface area contributed by atoms with Crippen LogP contribution in [-0.2, 0) is 11.3 Å². The van der Waals surface area contributed by atoms with E-state index >= 15 is 0 Å². The van der Waals surface area contributed by atoms with Crippen molar-refractivity contribution in [3.8, 4) is 17.0 Å². The van der Waals surface area contributed by atoms with Crippen LogP contribution >= 0.6 is 0 Å². The quantitative estimate of drug-likeness (QED) is 0.807. The van der Waals surface area contributed by atoms with Gasteiger partial charge in [0.05, 0.1) is 19.4 Å². The zero-order chi connectivity index (χ0) is 18.0. The molecule has 1 saturated carbocycles. The number of rotatable bonds is 6. The van der Waals surface area contributed by atoms with Crippen molar-refractivity contribution in [1.82, 2.24) is 9.78 Å². The van der Waals surface area contributed by atoms with Gasteiger partial charge in [0, 0.05) is 12.1 Å². The van der Waals surface area contributed by atoms with Crippen LogP contribution in [0.5, 0.6) is 5.75 Å². The van der Waals surface area contributed by atoms with Crippen molar-refractivity contribution >= 4 is 11.7 Å². The molecule has 0 saturated heterocycles. The molecule has 7 nitrogen and oxygen atoms in total. The van der Waals surface area contributed by atoms with Crippen molar-refractivity contribution in [3.05, 3.63) is 40.2 Å². The first kappa shape index (κ1) is 17.0. The summed E-state index contributed by atoms with van der Waals surface area (Å²) in [6.45, 7) is 2.33. The van der Waals surface area contributed by atoms with Gasteiger partial charge in [0.2, 0.25) is 0 Å². The zero-order valence-corrected chi connectivity index (χ0v) is 14.3. The SMILES string of the molecule is CCOC(=O)c1c(N)c(-c2ccc(OC)cc2)nn(CC2CC2)c1=O. The molecule has 0 atom stereocenters. The van der Waals surface area contributed by atoms with Gasteiger partial charge >= 0.3 is 5.97 Å². The van der Waals surface area contributed by atoms with E-state index < -0.39 is 11.5 Å². The molecule has 7 heteroatoms. The molecule has 1 aliphatic carbocycles. The fourth-order valence-corrected chi connectivity index (χ4v) is 2.61. The second kappa shape index (κ2) is 6.96. The fourth-order valence-electron chi connectivity index (χ4n) is 2.61. The molecule has 2 N–H and O–H groups in total. The Hall–Kier alpha value is -2.83. The molecule has 0 bridgehead atoms. The highest BCUT2D eigenvalue weighted by atomic mass is 16.5. The lowest BCUT2D eigenvalue weighted by Gasteiger charge is -2.14. The van der Waals surface area contributed by atoms with E-state index in [1.165, 1.54) is 4.68 Å². The molecular formula is C18H21N3O4. The smallest absolute Gasteiger partial charge is 0.346 e. The van der Waals surface area contributed by atoms with Crippen LogP contribution < -0.4 is 16.0 Å². The second-order valence-corrected chi connectivity index (χ2v) is 6.02. The Balaban J connectivity index is 2.13. The lowest BCUT2D eigenvalue weighted by atomic mass is 10.1. The third kappa shape index (κ3) is 3.50. The first-order valence-corrected chi connectivity index (χ1v) is 8.27. The second-order valence-electron chi connectivity index (χ2n) is 6.02. The van der Waals surface area contributed by atoms with Gasteiger partial charge in [-0.1, -0.05) is 0 Å². The number of carbonyl (C=O) groups is 1. The predicted molar refractivity (Wildman–Crippen MR) is 93.6 cm³/mol. The molecule has 1 fully saturated rings. The van der Waals surface area contributed by atoms with Gasteiger partial charge in [-0.05, 0) is 49.9 Å². The Kier molecular flexibility index (Phi) is 4.74. The number of carbonyl (C=O) groups excluding carboxylic acids is 1. The highest BCUT2D eigenvalue weighted by molar-refractivity contribution is 5.98. The molecule has 0 amide bonds. The van der Waals surface area contributed by atoms with E-state index in [-0.39, 0.29) is 17.9 Å². The van der Waals surface area contributed by atoms with Crippen molar-refractivity contribution in [1.29, 1.82) is 0 Å². The zero-order valence-electron chi connectivity index (χ0n) is 14.3. The molecule has 3 rings (SSSR count). The minimum atomic E-state index is -0.716. The molecule has 2 aromatic rings. The maximum absolute atomic E-state index is 12.7. The monoisotopic (exact) mass is 343 g/mol. The first-order chi connectivity index (χ1) is 12.0. The van der Waals surface area contributed by atoms with Gasteiger partial charge in [-0.2, -0.15) is 5.10 Å². The summed E-state index contributed by atoms with van der Waals surface area (Å²) in [5.74, 6) is 0.401. The number of ether oxygens (including phenoxy) is 2. The third-order valence-electron chi connectivity index (χ3n) is 4.16. The van der Waals surface area contributed by atoms with Crippen LogP contribution in [0.4, 0.5) is 5.69 Å². The minimum Gasteiger partial charge on any atom is -0.497 e.